The van der Waals surface area contributed by atoms with Crippen LogP contribution in [0, 0.1) is 0 Å². The molecule has 0 fully saturated rings. The van der Waals surface area contributed by atoms with Gasteiger partial charge in [-0.25, -0.2) is 0 Å². The fraction of sp³-hybridized carbons (Fsp3) is 0.750. The van der Waals surface area contributed by atoms with Gasteiger partial charge in [-0.15, -0.1) is 0 Å². The third-order valence-corrected chi connectivity index (χ3v) is 1.29. The third kappa shape index (κ3) is 7.27. The van der Waals surface area contributed by atoms with Crippen LogP contribution in [-0.2, 0) is 19.1 Å². The Balaban J connectivity index is 3.42. The topological polar surface area (TPSA) is 72.8 Å². The number of hydrogen-bond donors (Lipinski definition) is 1. The van der Waals surface area contributed by atoms with E-state index in [0.29, 0.717) is 6.42 Å². The van der Waals surface area contributed by atoms with Crippen molar-refractivity contribution in [1.29, 1.82) is 0 Å². The summed E-state index contributed by atoms with van der Waals surface area (Å²) in [6.45, 7) is 1.35. The molecule has 1 N–H and O–H groups in total. The summed E-state index contributed by atoms with van der Waals surface area (Å²) in [6.07, 6.45) is -0.422. The van der Waals surface area contributed by atoms with Gasteiger partial charge in [-0.3, -0.25) is 9.59 Å². The van der Waals surface area contributed by atoms with E-state index in [0.717, 1.165) is 0 Å². The molecule has 5 heteroatoms. The SMILES string of the molecule is COC(=O)CCCC(=O)OC(C)O. The molecule has 0 aliphatic heterocycles. The molecule has 0 aromatic rings. The molecular weight excluding hydrogens is 176 g/mol. The molecule has 0 saturated carbocycles. The zero-order valence-electron chi connectivity index (χ0n) is 7.78. The van der Waals surface area contributed by atoms with Crippen LogP contribution in [0.5, 0.6) is 0 Å². The van der Waals surface area contributed by atoms with Crippen LogP contribution in [0.15, 0.2) is 0 Å². The Morgan fingerprint density at radius 3 is 2.31 bits per heavy atom. The molecule has 0 saturated heterocycles. The van der Waals surface area contributed by atoms with E-state index >= 15 is 0 Å². The summed E-state index contributed by atoms with van der Waals surface area (Å²) < 4.78 is 8.80. The predicted molar refractivity (Wildman–Crippen MR) is 43.6 cm³/mol. The van der Waals surface area contributed by atoms with Crippen LogP contribution in [0.4, 0.5) is 0 Å². The fourth-order valence-electron chi connectivity index (χ4n) is 0.728. The highest BCUT2D eigenvalue weighted by molar-refractivity contribution is 5.72. The van der Waals surface area contributed by atoms with Gasteiger partial charge in [-0.1, -0.05) is 0 Å². The molecule has 0 spiro atoms. The molecule has 0 amide bonds. The van der Waals surface area contributed by atoms with Gasteiger partial charge in [0.1, 0.15) is 0 Å². The van der Waals surface area contributed by atoms with Crippen molar-refractivity contribution >= 4 is 11.9 Å². The van der Waals surface area contributed by atoms with Gasteiger partial charge < -0.3 is 14.6 Å². The van der Waals surface area contributed by atoms with E-state index in [1.54, 1.807) is 0 Å². The summed E-state index contributed by atoms with van der Waals surface area (Å²) in [5.41, 5.74) is 0. The molecule has 76 valence electrons. The first kappa shape index (κ1) is 11.9. The predicted octanol–water partition coefficient (Wildman–Crippen LogP) is 0.211. The normalized spacial score (nSPS) is 11.9. The summed E-state index contributed by atoms with van der Waals surface area (Å²) in [6, 6.07) is 0. The molecule has 0 aliphatic carbocycles. The maximum absolute atomic E-state index is 10.8. The molecule has 1 unspecified atom stereocenters. The van der Waals surface area contributed by atoms with E-state index in [1.807, 2.05) is 0 Å². The van der Waals surface area contributed by atoms with Crippen molar-refractivity contribution in [3.8, 4) is 0 Å². The lowest BCUT2D eigenvalue weighted by molar-refractivity contribution is -0.164. The Morgan fingerprint density at radius 2 is 1.85 bits per heavy atom. The van der Waals surface area contributed by atoms with Crippen molar-refractivity contribution < 1.29 is 24.2 Å². The lowest BCUT2D eigenvalue weighted by atomic mass is 10.2. The number of aliphatic hydroxyl groups is 1. The molecule has 0 radical (unpaired) electrons. The van der Waals surface area contributed by atoms with E-state index in [2.05, 4.69) is 9.47 Å². The van der Waals surface area contributed by atoms with Crippen LogP contribution in [0.2, 0.25) is 0 Å². The van der Waals surface area contributed by atoms with Crippen molar-refractivity contribution in [3.63, 3.8) is 0 Å². The zero-order valence-corrected chi connectivity index (χ0v) is 7.78. The van der Waals surface area contributed by atoms with Gasteiger partial charge in [0, 0.05) is 12.8 Å². The Hall–Kier alpha value is -1.10. The van der Waals surface area contributed by atoms with Crippen molar-refractivity contribution in [2.24, 2.45) is 0 Å². The molecular formula is C8H14O5. The Labute approximate surface area is 76.6 Å². The van der Waals surface area contributed by atoms with Gasteiger partial charge in [-0.2, -0.15) is 0 Å². The number of methoxy groups -OCH3 is 1. The van der Waals surface area contributed by atoms with E-state index in [4.69, 9.17) is 5.11 Å². The number of esters is 2. The minimum atomic E-state index is -1.09. The summed E-state index contributed by atoms with van der Waals surface area (Å²) in [4.78, 5) is 21.4. The van der Waals surface area contributed by atoms with Gasteiger partial charge in [0.25, 0.3) is 0 Å². The molecule has 5 nitrogen and oxygen atoms in total. The molecule has 0 rings (SSSR count). The third-order valence-electron chi connectivity index (χ3n) is 1.29. The number of carbonyl (C=O) groups excluding carboxylic acids is 2. The average molecular weight is 190 g/mol. The number of aliphatic hydroxyl groups excluding tert-OH is 1. The van der Waals surface area contributed by atoms with Gasteiger partial charge in [0.05, 0.1) is 7.11 Å². The molecule has 1 atom stereocenters. The number of ether oxygens (including phenoxy) is 2. The van der Waals surface area contributed by atoms with Crippen LogP contribution >= 0.6 is 0 Å². The van der Waals surface area contributed by atoms with Crippen molar-refractivity contribution in [2.45, 2.75) is 32.5 Å². The summed E-state index contributed by atoms with van der Waals surface area (Å²) in [5.74, 6) is -0.872. The van der Waals surface area contributed by atoms with Crippen molar-refractivity contribution in [1.82, 2.24) is 0 Å². The highest BCUT2D eigenvalue weighted by Crippen LogP contribution is 2.00. The highest BCUT2D eigenvalue weighted by atomic mass is 16.6. The summed E-state index contributed by atoms with van der Waals surface area (Å²) in [5, 5.41) is 8.64. The fourth-order valence-corrected chi connectivity index (χ4v) is 0.728. The quantitative estimate of drug-likeness (QED) is 0.495. The lowest BCUT2D eigenvalue weighted by Gasteiger charge is -2.05. The maximum Gasteiger partial charge on any atom is 0.308 e. The number of hydrogen-bond acceptors (Lipinski definition) is 5. The lowest BCUT2D eigenvalue weighted by Crippen LogP contribution is -2.14. The number of carbonyl (C=O) groups is 2. The van der Waals surface area contributed by atoms with Gasteiger partial charge in [0.15, 0.2) is 6.29 Å². The van der Waals surface area contributed by atoms with Crippen LogP contribution < -0.4 is 0 Å². The van der Waals surface area contributed by atoms with Gasteiger partial charge in [-0.05, 0) is 13.3 Å². The zero-order chi connectivity index (χ0) is 10.3. The van der Waals surface area contributed by atoms with Gasteiger partial charge in [0.2, 0.25) is 0 Å². The number of rotatable bonds is 5. The smallest absolute Gasteiger partial charge is 0.308 e. The second-order valence-electron chi connectivity index (χ2n) is 2.52. The van der Waals surface area contributed by atoms with Gasteiger partial charge >= 0.3 is 11.9 Å². The van der Waals surface area contributed by atoms with Crippen LogP contribution in [0.25, 0.3) is 0 Å². The highest BCUT2D eigenvalue weighted by Gasteiger charge is 2.07. The minimum absolute atomic E-state index is 0.111. The Kier molecular flexibility index (Phi) is 5.88. The molecule has 0 bridgehead atoms. The molecule has 0 aliphatic rings. The first-order chi connectivity index (χ1) is 6.06. The molecule has 0 aromatic heterocycles. The Bertz CT molecular complexity index is 175. The van der Waals surface area contributed by atoms with E-state index < -0.39 is 12.3 Å². The second kappa shape index (κ2) is 6.42. The first-order valence-corrected chi connectivity index (χ1v) is 4.00. The maximum atomic E-state index is 10.8. The standard InChI is InChI=1S/C8H14O5/c1-6(9)13-8(11)5-3-4-7(10)12-2/h6,9H,3-5H2,1-2H3. The first-order valence-electron chi connectivity index (χ1n) is 4.00. The van der Waals surface area contributed by atoms with E-state index in [1.165, 1.54) is 14.0 Å². The van der Waals surface area contributed by atoms with E-state index in [-0.39, 0.29) is 18.8 Å². The largest absolute Gasteiger partial charge is 0.469 e. The van der Waals surface area contributed by atoms with Crippen LogP contribution in [0.3, 0.4) is 0 Å². The molecule has 0 aromatic carbocycles. The average Bonchev–Trinajstić information content (AvgIpc) is 2.02. The summed E-state index contributed by atoms with van der Waals surface area (Å²) >= 11 is 0. The molecule has 0 heterocycles. The van der Waals surface area contributed by atoms with E-state index in [9.17, 15) is 9.59 Å². The van der Waals surface area contributed by atoms with Crippen LogP contribution in [-0.4, -0.2) is 30.4 Å². The monoisotopic (exact) mass is 190 g/mol. The van der Waals surface area contributed by atoms with Crippen molar-refractivity contribution in [3.05, 3.63) is 0 Å². The summed E-state index contributed by atoms with van der Waals surface area (Å²) in [7, 11) is 1.29. The molecule has 13 heavy (non-hydrogen) atoms. The van der Waals surface area contributed by atoms with Crippen LogP contribution in [0.1, 0.15) is 26.2 Å². The minimum Gasteiger partial charge on any atom is -0.469 e. The Morgan fingerprint density at radius 1 is 1.31 bits per heavy atom. The second-order valence-corrected chi connectivity index (χ2v) is 2.52. The van der Waals surface area contributed by atoms with Crippen molar-refractivity contribution in [2.75, 3.05) is 7.11 Å².